The lowest BCUT2D eigenvalue weighted by Gasteiger charge is -2.12. The van der Waals surface area contributed by atoms with Crippen LogP contribution in [0.25, 0.3) is 11.0 Å². The quantitative estimate of drug-likeness (QED) is 0.656. The fraction of sp³-hybridized carbons (Fsp3) is 0. The Bertz CT molecular complexity index is 1070. The highest BCUT2D eigenvalue weighted by Gasteiger charge is 2.43. The van der Waals surface area contributed by atoms with E-state index in [1.54, 1.807) is 30.3 Å². The Kier molecular flexibility index (Phi) is 3.34. The average molecular weight is 355 g/mol. The average Bonchev–Trinajstić information content (AvgIpc) is 2.85. The van der Waals surface area contributed by atoms with Crippen molar-refractivity contribution in [2.24, 2.45) is 0 Å². The van der Waals surface area contributed by atoms with Gasteiger partial charge >= 0.3 is 21.9 Å². The molecule has 0 unspecified atom stereocenters. The normalized spacial score (nSPS) is 14.2. The SMILES string of the molecule is O=C1c2nc3ccccc3nc2C(=O)N1OS(=O)(=O)c1ccccc1. The monoisotopic (exact) mass is 355 g/mol. The van der Waals surface area contributed by atoms with Crippen molar-refractivity contribution in [3.8, 4) is 0 Å². The van der Waals surface area contributed by atoms with Gasteiger partial charge in [-0.3, -0.25) is 9.59 Å². The van der Waals surface area contributed by atoms with Crippen LogP contribution >= 0.6 is 0 Å². The van der Waals surface area contributed by atoms with Crippen molar-refractivity contribution in [1.82, 2.24) is 15.0 Å². The fourth-order valence-electron chi connectivity index (χ4n) is 2.38. The number of carbonyl (C=O) groups is 2. The molecule has 0 bridgehead atoms. The summed E-state index contributed by atoms with van der Waals surface area (Å²) in [5.41, 5.74) is 0.337. The number of imide groups is 1. The lowest BCUT2D eigenvalue weighted by atomic mass is 10.2. The Labute approximate surface area is 141 Å². The second-order valence-electron chi connectivity index (χ2n) is 5.16. The summed E-state index contributed by atoms with van der Waals surface area (Å²) in [6.45, 7) is 0. The number of nitrogens with zero attached hydrogens (tertiary/aromatic N) is 3. The highest BCUT2D eigenvalue weighted by molar-refractivity contribution is 7.86. The first kappa shape index (κ1) is 15.4. The zero-order valence-corrected chi connectivity index (χ0v) is 13.3. The Morgan fingerprint density at radius 1 is 0.760 bits per heavy atom. The molecular formula is C16H9N3O5S. The number of hydrogen-bond acceptors (Lipinski definition) is 7. The van der Waals surface area contributed by atoms with Crippen molar-refractivity contribution in [2.75, 3.05) is 0 Å². The van der Waals surface area contributed by atoms with Gasteiger partial charge in [-0.15, -0.1) is 9.35 Å². The number of hydrogen-bond donors (Lipinski definition) is 0. The molecule has 0 fully saturated rings. The number of fused-ring (bicyclic) bond motifs is 2. The minimum absolute atomic E-state index is 0.172. The van der Waals surface area contributed by atoms with Gasteiger partial charge in [-0.05, 0) is 24.3 Å². The molecule has 25 heavy (non-hydrogen) atoms. The summed E-state index contributed by atoms with van der Waals surface area (Å²) in [6.07, 6.45) is 0. The maximum absolute atomic E-state index is 12.4. The van der Waals surface area contributed by atoms with E-state index >= 15 is 0 Å². The molecule has 0 N–H and O–H groups in total. The van der Waals surface area contributed by atoms with Crippen LogP contribution in [0.15, 0.2) is 59.5 Å². The lowest BCUT2D eigenvalue weighted by molar-refractivity contribution is -0.0107. The predicted octanol–water partition coefficient (Wildman–Crippen LogP) is 1.55. The van der Waals surface area contributed by atoms with Gasteiger partial charge in [0, 0.05) is 0 Å². The number of benzene rings is 2. The molecule has 2 aromatic carbocycles. The molecule has 1 aliphatic rings. The van der Waals surface area contributed by atoms with E-state index in [0.717, 1.165) is 0 Å². The number of para-hydroxylation sites is 2. The number of aromatic nitrogens is 2. The van der Waals surface area contributed by atoms with Crippen LogP contribution in [0.4, 0.5) is 0 Å². The first-order valence-corrected chi connectivity index (χ1v) is 8.53. The second kappa shape index (κ2) is 5.43. The minimum atomic E-state index is -4.35. The van der Waals surface area contributed by atoms with Gasteiger partial charge in [-0.2, -0.15) is 8.42 Å². The van der Waals surface area contributed by atoms with Gasteiger partial charge in [0.25, 0.3) is 0 Å². The van der Waals surface area contributed by atoms with Crippen LogP contribution < -0.4 is 0 Å². The van der Waals surface area contributed by atoms with Crippen LogP contribution in [0, 0.1) is 0 Å². The minimum Gasteiger partial charge on any atom is -0.264 e. The lowest BCUT2D eigenvalue weighted by Crippen LogP contribution is -2.33. The molecule has 124 valence electrons. The van der Waals surface area contributed by atoms with Gasteiger partial charge in [0.05, 0.1) is 15.9 Å². The number of rotatable bonds is 3. The Morgan fingerprint density at radius 2 is 1.24 bits per heavy atom. The molecular weight excluding hydrogens is 346 g/mol. The Balaban J connectivity index is 1.74. The largest absolute Gasteiger partial charge is 0.318 e. The van der Waals surface area contributed by atoms with E-state index in [1.165, 1.54) is 24.3 Å². The van der Waals surface area contributed by atoms with Crippen molar-refractivity contribution in [3.05, 3.63) is 66.0 Å². The van der Waals surface area contributed by atoms with Gasteiger partial charge < -0.3 is 0 Å². The standard InChI is InChI=1S/C16H9N3O5S/c20-15-13-14(18-12-9-5-4-8-11(12)17-13)16(21)19(15)24-25(22,23)10-6-2-1-3-7-10/h1-9H. The molecule has 1 aliphatic heterocycles. The highest BCUT2D eigenvalue weighted by Crippen LogP contribution is 2.25. The van der Waals surface area contributed by atoms with Crippen molar-refractivity contribution in [1.29, 1.82) is 0 Å². The van der Waals surface area contributed by atoms with Crippen LogP contribution in [0.1, 0.15) is 21.0 Å². The molecule has 0 radical (unpaired) electrons. The third kappa shape index (κ3) is 2.46. The van der Waals surface area contributed by atoms with Crippen molar-refractivity contribution in [3.63, 3.8) is 0 Å². The number of carbonyl (C=O) groups excluding carboxylic acids is 2. The van der Waals surface area contributed by atoms with E-state index in [4.69, 9.17) is 4.28 Å². The second-order valence-corrected chi connectivity index (χ2v) is 6.68. The van der Waals surface area contributed by atoms with E-state index in [1.807, 2.05) is 0 Å². The van der Waals surface area contributed by atoms with Crippen LogP contribution in [-0.2, 0) is 14.4 Å². The van der Waals surface area contributed by atoms with Crippen LogP contribution in [0.2, 0.25) is 0 Å². The summed E-state index contributed by atoms with van der Waals surface area (Å²) in [5, 5.41) is 0.172. The van der Waals surface area contributed by atoms with Crippen LogP contribution in [0.5, 0.6) is 0 Å². The van der Waals surface area contributed by atoms with Crippen molar-refractivity contribution in [2.45, 2.75) is 4.90 Å². The van der Waals surface area contributed by atoms with Crippen LogP contribution in [-0.4, -0.2) is 35.3 Å². The number of hydroxylamine groups is 2. The first-order chi connectivity index (χ1) is 12.0. The molecule has 0 saturated heterocycles. The van der Waals surface area contributed by atoms with Gasteiger partial charge in [-0.25, -0.2) is 9.97 Å². The molecule has 0 spiro atoms. The predicted molar refractivity (Wildman–Crippen MR) is 84.8 cm³/mol. The zero-order valence-electron chi connectivity index (χ0n) is 12.5. The third-order valence-corrected chi connectivity index (χ3v) is 4.74. The van der Waals surface area contributed by atoms with Crippen LogP contribution in [0.3, 0.4) is 0 Å². The third-order valence-electron chi connectivity index (χ3n) is 3.55. The van der Waals surface area contributed by atoms with E-state index < -0.39 is 21.9 Å². The molecule has 3 aromatic rings. The van der Waals surface area contributed by atoms with Gasteiger partial charge in [0.1, 0.15) is 0 Å². The highest BCUT2D eigenvalue weighted by atomic mass is 32.2. The summed E-state index contributed by atoms with van der Waals surface area (Å²) in [6, 6.07) is 13.9. The molecule has 0 atom stereocenters. The maximum atomic E-state index is 12.4. The molecule has 1 aromatic heterocycles. The summed E-state index contributed by atoms with van der Waals surface area (Å²) in [7, 11) is -4.35. The van der Waals surface area contributed by atoms with E-state index in [9.17, 15) is 18.0 Å². The van der Waals surface area contributed by atoms with E-state index in [2.05, 4.69) is 9.97 Å². The fourth-order valence-corrected chi connectivity index (χ4v) is 3.29. The summed E-state index contributed by atoms with van der Waals surface area (Å²) in [4.78, 5) is 32.7. The van der Waals surface area contributed by atoms with E-state index in [0.29, 0.717) is 11.0 Å². The maximum Gasteiger partial charge on any atom is 0.318 e. The molecule has 0 aliphatic carbocycles. The number of amides is 2. The summed E-state index contributed by atoms with van der Waals surface area (Å²) < 4.78 is 29.3. The summed E-state index contributed by atoms with van der Waals surface area (Å²) in [5.74, 6) is -1.95. The van der Waals surface area contributed by atoms with E-state index in [-0.39, 0.29) is 21.3 Å². The molecule has 0 saturated carbocycles. The molecule has 4 rings (SSSR count). The first-order valence-electron chi connectivity index (χ1n) is 7.12. The molecule has 9 heteroatoms. The van der Waals surface area contributed by atoms with Crippen molar-refractivity contribution < 1.29 is 22.3 Å². The molecule has 2 amide bonds. The van der Waals surface area contributed by atoms with Gasteiger partial charge in [0.2, 0.25) is 0 Å². The topological polar surface area (TPSA) is 107 Å². The van der Waals surface area contributed by atoms with Crippen molar-refractivity contribution >= 4 is 33.0 Å². The van der Waals surface area contributed by atoms with Gasteiger partial charge in [-0.1, -0.05) is 30.3 Å². The Hall–Kier alpha value is -3.17. The molecule has 2 heterocycles. The zero-order chi connectivity index (χ0) is 17.6. The summed E-state index contributed by atoms with van der Waals surface area (Å²) >= 11 is 0. The molecule has 8 nitrogen and oxygen atoms in total. The Morgan fingerprint density at radius 3 is 1.76 bits per heavy atom. The van der Waals surface area contributed by atoms with Gasteiger partial charge in [0.15, 0.2) is 11.4 Å². The smallest absolute Gasteiger partial charge is 0.264 e.